The highest BCUT2D eigenvalue weighted by atomic mass is 16.2. The van der Waals surface area contributed by atoms with Gasteiger partial charge in [-0.05, 0) is 18.2 Å². The Balaban J connectivity index is 2.15. The first kappa shape index (κ1) is 12.8. The SMILES string of the molecule is CN(Cc1nccn1C)C(=O)c1cccc(C#N)c1. The summed E-state index contributed by atoms with van der Waals surface area (Å²) in [5, 5.41) is 8.84. The van der Waals surface area contributed by atoms with Gasteiger partial charge in [0, 0.05) is 32.1 Å². The van der Waals surface area contributed by atoms with Crippen molar-refractivity contribution in [3.05, 3.63) is 53.6 Å². The van der Waals surface area contributed by atoms with Crippen LogP contribution in [0.1, 0.15) is 21.7 Å². The Morgan fingerprint density at radius 2 is 2.32 bits per heavy atom. The third kappa shape index (κ3) is 2.80. The maximum absolute atomic E-state index is 12.2. The van der Waals surface area contributed by atoms with Crippen molar-refractivity contribution in [2.75, 3.05) is 7.05 Å². The van der Waals surface area contributed by atoms with Crippen molar-refractivity contribution in [3.8, 4) is 6.07 Å². The van der Waals surface area contributed by atoms with Crippen LogP contribution < -0.4 is 0 Å². The molecule has 0 bridgehead atoms. The molecule has 1 aromatic heterocycles. The maximum atomic E-state index is 12.2. The molecule has 19 heavy (non-hydrogen) atoms. The number of hydrogen-bond donors (Lipinski definition) is 0. The molecule has 1 heterocycles. The molecule has 5 heteroatoms. The van der Waals surface area contributed by atoms with Gasteiger partial charge in [-0.3, -0.25) is 4.79 Å². The molecule has 0 unspecified atom stereocenters. The Morgan fingerprint density at radius 1 is 1.53 bits per heavy atom. The molecule has 0 N–H and O–H groups in total. The normalized spacial score (nSPS) is 9.95. The first-order valence-electron chi connectivity index (χ1n) is 5.83. The molecule has 0 fully saturated rings. The van der Waals surface area contributed by atoms with Crippen molar-refractivity contribution in [1.82, 2.24) is 14.5 Å². The molecule has 0 aliphatic carbocycles. The minimum absolute atomic E-state index is 0.125. The lowest BCUT2D eigenvalue weighted by Gasteiger charge is -2.17. The van der Waals surface area contributed by atoms with Gasteiger partial charge < -0.3 is 9.47 Å². The highest BCUT2D eigenvalue weighted by molar-refractivity contribution is 5.94. The van der Waals surface area contributed by atoms with Crippen molar-refractivity contribution in [2.45, 2.75) is 6.54 Å². The first-order chi connectivity index (χ1) is 9.11. The van der Waals surface area contributed by atoms with Crippen LogP contribution in [0.15, 0.2) is 36.7 Å². The first-order valence-corrected chi connectivity index (χ1v) is 5.83. The van der Waals surface area contributed by atoms with Crippen LogP contribution >= 0.6 is 0 Å². The summed E-state index contributed by atoms with van der Waals surface area (Å²) >= 11 is 0. The molecular formula is C14H14N4O. The zero-order chi connectivity index (χ0) is 13.8. The minimum atomic E-state index is -0.125. The second kappa shape index (κ2) is 5.36. The van der Waals surface area contributed by atoms with E-state index in [-0.39, 0.29) is 5.91 Å². The van der Waals surface area contributed by atoms with E-state index in [4.69, 9.17) is 5.26 Å². The third-order valence-corrected chi connectivity index (χ3v) is 2.88. The molecule has 0 aliphatic heterocycles. The summed E-state index contributed by atoms with van der Waals surface area (Å²) in [7, 11) is 3.60. The predicted molar refractivity (Wildman–Crippen MR) is 70.2 cm³/mol. The Morgan fingerprint density at radius 3 is 2.95 bits per heavy atom. The zero-order valence-corrected chi connectivity index (χ0v) is 10.9. The summed E-state index contributed by atoms with van der Waals surface area (Å²) in [6, 6.07) is 8.71. The highest BCUT2D eigenvalue weighted by Crippen LogP contribution is 2.09. The van der Waals surface area contributed by atoms with Crippen LogP contribution in [0.2, 0.25) is 0 Å². The van der Waals surface area contributed by atoms with E-state index in [9.17, 15) is 4.79 Å². The Hall–Kier alpha value is -2.61. The number of carbonyl (C=O) groups excluding carboxylic acids is 1. The van der Waals surface area contributed by atoms with Gasteiger partial charge in [0.05, 0.1) is 18.2 Å². The Labute approximate surface area is 111 Å². The van der Waals surface area contributed by atoms with Gasteiger partial charge in [-0.15, -0.1) is 0 Å². The van der Waals surface area contributed by atoms with Crippen LogP contribution in [0, 0.1) is 11.3 Å². The molecule has 0 saturated heterocycles. The Kier molecular flexibility index (Phi) is 3.62. The molecule has 96 valence electrons. The average molecular weight is 254 g/mol. The van der Waals surface area contributed by atoms with E-state index in [1.807, 2.05) is 23.9 Å². The van der Waals surface area contributed by atoms with Gasteiger partial charge in [-0.2, -0.15) is 5.26 Å². The number of aromatic nitrogens is 2. The molecule has 0 saturated carbocycles. The third-order valence-electron chi connectivity index (χ3n) is 2.88. The van der Waals surface area contributed by atoms with Crippen molar-refractivity contribution in [1.29, 1.82) is 5.26 Å². The lowest BCUT2D eigenvalue weighted by molar-refractivity contribution is 0.0780. The monoisotopic (exact) mass is 254 g/mol. The number of nitriles is 1. The molecule has 0 aliphatic rings. The van der Waals surface area contributed by atoms with Crippen molar-refractivity contribution >= 4 is 5.91 Å². The van der Waals surface area contributed by atoms with E-state index in [1.165, 1.54) is 0 Å². The second-order valence-electron chi connectivity index (χ2n) is 4.31. The lowest BCUT2D eigenvalue weighted by Crippen LogP contribution is -2.27. The fourth-order valence-electron chi connectivity index (χ4n) is 1.77. The quantitative estimate of drug-likeness (QED) is 0.835. The smallest absolute Gasteiger partial charge is 0.254 e. The summed E-state index contributed by atoms with van der Waals surface area (Å²) < 4.78 is 1.87. The summed E-state index contributed by atoms with van der Waals surface area (Å²) in [5.74, 6) is 0.687. The maximum Gasteiger partial charge on any atom is 0.254 e. The highest BCUT2D eigenvalue weighted by Gasteiger charge is 2.14. The van der Waals surface area contributed by atoms with E-state index in [0.29, 0.717) is 17.7 Å². The second-order valence-corrected chi connectivity index (χ2v) is 4.31. The van der Waals surface area contributed by atoms with Crippen molar-refractivity contribution < 1.29 is 4.79 Å². The van der Waals surface area contributed by atoms with Crippen LogP contribution in [0.4, 0.5) is 0 Å². The minimum Gasteiger partial charge on any atom is -0.337 e. The molecule has 5 nitrogen and oxygen atoms in total. The molecule has 0 spiro atoms. The van der Waals surface area contributed by atoms with Crippen LogP contribution in [-0.2, 0) is 13.6 Å². The number of imidazole rings is 1. The van der Waals surface area contributed by atoms with Crippen LogP contribution in [-0.4, -0.2) is 27.4 Å². The van der Waals surface area contributed by atoms with E-state index < -0.39 is 0 Å². The van der Waals surface area contributed by atoms with E-state index >= 15 is 0 Å². The summed E-state index contributed by atoms with van der Waals surface area (Å²) in [6.45, 7) is 0.430. The number of amides is 1. The number of hydrogen-bond acceptors (Lipinski definition) is 3. The van der Waals surface area contributed by atoms with Gasteiger partial charge in [0.25, 0.3) is 5.91 Å². The van der Waals surface area contributed by atoms with Gasteiger partial charge in [0.2, 0.25) is 0 Å². The fraction of sp³-hybridized carbons (Fsp3) is 0.214. The fourth-order valence-corrected chi connectivity index (χ4v) is 1.77. The molecule has 0 atom stereocenters. The van der Waals surface area contributed by atoms with Gasteiger partial charge in [-0.25, -0.2) is 4.98 Å². The summed E-state index contributed by atoms with van der Waals surface area (Å²) in [4.78, 5) is 18.0. The number of carbonyl (C=O) groups is 1. The lowest BCUT2D eigenvalue weighted by atomic mass is 10.1. The van der Waals surface area contributed by atoms with Gasteiger partial charge in [0.15, 0.2) is 0 Å². The molecule has 0 radical (unpaired) electrons. The van der Waals surface area contributed by atoms with Crippen LogP contribution in [0.5, 0.6) is 0 Å². The summed E-state index contributed by atoms with van der Waals surface area (Å²) in [5.41, 5.74) is 0.993. The number of aryl methyl sites for hydroxylation is 1. The topological polar surface area (TPSA) is 61.9 Å². The van der Waals surface area contributed by atoms with Gasteiger partial charge in [0.1, 0.15) is 5.82 Å². The standard InChI is InChI=1S/C14H14N4O/c1-17-7-6-16-13(17)10-18(2)14(19)12-5-3-4-11(8-12)9-15/h3-8H,10H2,1-2H3. The van der Waals surface area contributed by atoms with Crippen LogP contribution in [0.25, 0.3) is 0 Å². The molecule has 1 amide bonds. The zero-order valence-electron chi connectivity index (χ0n) is 10.9. The number of benzene rings is 1. The van der Waals surface area contributed by atoms with Crippen LogP contribution in [0.3, 0.4) is 0 Å². The number of rotatable bonds is 3. The Bertz CT molecular complexity index is 639. The number of nitrogens with zero attached hydrogens (tertiary/aromatic N) is 4. The largest absolute Gasteiger partial charge is 0.337 e. The molecule has 2 aromatic rings. The van der Waals surface area contributed by atoms with Gasteiger partial charge >= 0.3 is 0 Å². The summed E-state index contributed by atoms with van der Waals surface area (Å²) in [6.07, 6.45) is 3.54. The van der Waals surface area contributed by atoms with Crippen molar-refractivity contribution in [3.63, 3.8) is 0 Å². The predicted octanol–water partition coefficient (Wildman–Crippen LogP) is 1.56. The van der Waals surface area contributed by atoms with E-state index in [1.54, 1.807) is 42.4 Å². The van der Waals surface area contributed by atoms with E-state index in [2.05, 4.69) is 4.98 Å². The van der Waals surface area contributed by atoms with E-state index in [0.717, 1.165) is 5.82 Å². The van der Waals surface area contributed by atoms with Crippen molar-refractivity contribution in [2.24, 2.45) is 7.05 Å². The van der Waals surface area contributed by atoms with Gasteiger partial charge in [-0.1, -0.05) is 6.07 Å². The molecule has 1 aromatic carbocycles. The molecular weight excluding hydrogens is 240 g/mol. The molecule has 2 rings (SSSR count). The average Bonchev–Trinajstić information content (AvgIpc) is 2.83.